The Hall–Kier alpha value is -2.34. The summed E-state index contributed by atoms with van der Waals surface area (Å²) in [7, 11) is -3.50. The van der Waals surface area contributed by atoms with Gasteiger partial charge >= 0.3 is 0 Å². The Morgan fingerprint density at radius 3 is 2.27 bits per heavy atom. The maximum atomic E-state index is 12.8. The maximum absolute atomic E-state index is 12.8. The minimum absolute atomic E-state index is 0.0857. The fourth-order valence-corrected chi connectivity index (χ4v) is 5.02. The molecule has 6 heteroatoms. The molecule has 1 atom stereocenters. The molecule has 0 aliphatic heterocycles. The van der Waals surface area contributed by atoms with Crippen LogP contribution in [-0.4, -0.2) is 27.1 Å². The Balaban J connectivity index is 2.19. The Morgan fingerprint density at radius 2 is 1.73 bits per heavy atom. The molecule has 0 fully saturated rings. The second-order valence-electron chi connectivity index (χ2n) is 9.26. The number of para-hydroxylation sites is 1. The summed E-state index contributed by atoms with van der Waals surface area (Å²) in [5.74, 6) is 0.609. The molecule has 0 radical (unpaired) electrons. The van der Waals surface area contributed by atoms with E-state index in [4.69, 9.17) is 0 Å². The van der Waals surface area contributed by atoms with Crippen LogP contribution in [0.15, 0.2) is 42.5 Å². The standard InChI is InChI=1S/C27H40N2O3S/c1-7-9-12-22(8-2)18-28-27(30)24-16-14-23(15-17-24)19-29(33(6,31)32)26-21(5)11-10-13-25(26)20(3)4/h10-11,13-17,20,22H,7-9,12,18-19H2,1-6H3,(H,28,30). The molecule has 0 bridgehead atoms. The van der Waals surface area contributed by atoms with Crippen LogP contribution in [0.25, 0.3) is 0 Å². The number of benzene rings is 2. The summed E-state index contributed by atoms with van der Waals surface area (Å²) in [6.45, 7) is 11.3. The number of nitrogens with one attached hydrogen (secondary N) is 1. The van der Waals surface area contributed by atoms with Crippen LogP contribution in [0.4, 0.5) is 5.69 Å². The second kappa shape index (κ2) is 12.2. The quantitative estimate of drug-likeness (QED) is 0.410. The molecular weight excluding hydrogens is 432 g/mol. The summed E-state index contributed by atoms with van der Waals surface area (Å²) in [6.07, 6.45) is 5.77. The van der Waals surface area contributed by atoms with E-state index in [2.05, 4.69) is 33.0 Å². The van der Waals surface area contributed by atoms with Crippen LogP contribution < -0.4 is 9.62 Å². The van der Waals surface area contributed by atoms with Gasteiger partial charge in [0, 0.05) is 12.1 Å². The number of hydrogen-bond acceptors (Lipinski definition) is 3. The Morgan fingerprint density at radius 1 is 1.06 bits per heavy atom. The normalized spacial score (nSPS) is 12.6. The molecule has 0 saturated carbocycles. The van der Waals surface area contributed by atoms with Gasteiger partial charge in [-0.05, 0) is 54.0 Å². The van der Waals surface area contributed by atoms with E-state index in [-0.39, 0.29) is 18.4 Å². The number of carbonyl (C=O) groups excluding carboxylic acids is 1. The average Bonchev–Trinajstić information content (AvgIpc) is 2.77. The lowest BCUT2D eigenvalue weighted by atomic mass is 9.98. The summed E-state index contributed by atoms with van der Waals surface area (Å²) in [6, 6.07) is 13.1. The molecule has 5 nitrogen and oxygen atoms in total. The molecule has 1 unspecified atom stereocenters. The van der Waals surface area contributed by atoms with Gasteiger partial charge in [-0.1, -0.05) is 77.3 Å². The first kappa shape index (κ1) is 26.9. The van der Waals surface area contributed by atoms with Crippen LogP contribution >= 0.6 is 0 Å². The molecule has 0 aromatic heterocycles. The summed E-state index contributed by atoms with van der Waals surface area (Å²) in [4.78, 5) is 12.6. The lowest BCUT2D eigenvalue weighted by molar-refractivity contribution is 0.0946. The van der Waals surface area contributed by atoms with Gasteiger partial charge in [-0.25, -0.2) is 8.42 Å². The molecule has 1 N–H and O–H groups in total. The zero-order valence-corrected chi connectivity index (χ0v) is 21.8. The fraction of sp³-hybridized carbons (Fsp3) is 0.519. The van der Waals surface area contributed by atoms with E-state index < -0.39 is 10.0 Å². The van der Waals surface area contributed by atoms with E-state index in [1.165, 1.54) is 17.0 Å². The van der Waals surface area contributed by atoms with Gasteiger partial charge in [-0.2, -0.15) is 0 Å². The third-order valence-corrected chi connectivity index (χ3v) is 7.29. The second-order valence-corrected chi connectivity index (χ2v) is 11.2. The molecule has 0 heterocycles. The van der Waals surface area contributed by atoms with E-state index in [1.54, 1.807) is 12.1 Å². The van der Waals surface area contributed by atoms with Crippen LogP contribution in [0.3, 0.4) is 0 Å². The predicted octanol–water partition coefficient (Wildman–Crippen LogP) is 6.03. The number of sulfonamides is 1. The molecule has 1 amide bonds. The largest absolute Gasteiger partial charge is 0.352 e. The average molecular weight is 473 g/mol. The molecule has 182 valence electrons. The van der Waals surface area contributed by atoms with Crippen LogP contribution in [0.5, 0.6) is 0 Å². The highest BCUT2D eigenvalue weighted by Crippen LogP contribution is 2.33. The summed E-state index contributed by atoms with van der Waals surface area (Å²) in [5, 5.41) is 3.05. The van der Waals surface area contributed by atoms with Crippen molar-refractivity contribution in [2.75, 3.05) is 17.1 Å². The smallest absolute Gasteiger partial charge is 0.251 e. The highest BCUT2D eigenvalue weighted by molar-refractivity contribution is 7.92. The van der Waals surface area contributed by atoms with Gasteiger partial charge in [0.15, 0.2) is 0 Å². The SMILES string of the molecule is CCCCC(CC)CNC(=O)c1ccc(CN(c2c(C)cccc2C(C)C)S(C)(=O)=O)cc1. The van der Waals surface area contributed by atoms with Gasteiger partial charge in [0.25, 0.3) is 5.91 Å². The Bertz CT molecular complexity index is 1010. The minimum atomic E-state index is -3.50. The number of nitrogens with zero attached hydrogens (tertiary/aromatic N) is 1. The lowest BCUT2D eigenvalue weighted by Crippen LogP contribution is -2.31. The topological polar surface area (TPSA) is 66.5 Å². The van der Waals surface area contributed by atoms with Crippen LogP contribution in [0.1, 0.15) is 86.3 Å². The molecule has 0 aliphatic rings. The highest BCUT2D eigenvalue weighted by Gasteiger charge is 2.23. The van der Waals surface area contributed by atoms with Crippen molar-refractivity contribution in [1.29, 1.82) is 0 Å². The van der Waals surface area contributed by atoms with E-state index in [1.807, 2.05) is 37.3 Å². The monoisotopic (exact) mass is 472 g/mol. The summed E-state index contributed by atoms with van der Waals surface area (Å²) >= 11 is 0. The van der Waals surface area contributed by atoms with Crippen LogP contribution in [0, 0.1) is 12.8 Å². The number of rotatable bonds is 12. The molecule has 2 aromatic rings. The van der Waals surface area contributed by atoms with Crippen molar-refractivity contribution in [2.45, 2.75) is 72.8 Å². The molecule has 0 aliphatic carbocycles. The molecule has 0 saturated heterocycles. The van der Waals surface area contributed by atoms with Gasteiger partial charge in [0.05, 0.1) is 18.5 Å². The van der Waals surface area contributed by atoms with Gasteiger partial charge in [-0.3, -0.25) is 9.10 Å². The van der Waals surface area contributed by atoms with Gasteiger partial charge < -0.3 is 5.32 Å². The number of anilines is 1. The van der Waals surface area contributed by atoms with Crippen molar-refractivity contribution in [1.82, 2.24) is 5.32 Å². The van der Waals surface area contributed by atoms with Crippen molar-refractivity contribution < 1.29 is 13.2 Å². The molecule has 0 spiro atoms. The first-order chi connectivity index (χ1) is 15.6. The van der Waals surface area contributed by atoms with Crippen molar-refractivity contribution in [3.8, 4) is 0 Å². The van der Waals surface area contributed by atoms with Gasteiger partial charge in [0.1, 0.15) is 0 Å². The predicted molar refractivity (Wildman–Crippen MR) is 138 cm³/mol. The van der Waals surface area contributed by atoms with E-state index >= 15 is 0 Å². The Kier molecular flexibility index (Phi) is 9.96. The Labute approximate surface area is 200 Å². The molecular formula is C27H40N2O3S. The number of carbonyl (C=O) groups is 1. The van der Waals surface area contributed by atoms with E-state index in [9.17, 15) is 13.2 Å². The van der Waals surface area contributed by atoms with Crippen molar-refractivity contribution >= 4 is 21.6 Å². The van der Waals surface area contributed by atoms with E-state index in [0.29, 0.717) is 18.0 Å². The fourth-order valence-electron chi connectivity index (χ4n) is 4.06. The third-order valence-electron chi connectivity index (χ3n) is 6.18. The van der Waals surface area contributed by atoms with E-state index in [0.717, 1.165) is 41.6 Å². The molecule has 2 rings (SSSR count). The minimum Gasteiger partial charge on any atom is -0.352 e. The molecule has 33 heavy (non-hydrogen) atoms. The van der Waals surface area contributed by atoms with Gasteiger partial charge in [-0.15, -0.1) is 0 Å². The number of unbranched alkanes of at least 4 members (excludes halogenated alkanes) is 1. The van der Waals surface area contributed by atoms with Crippen LogP contribution in [-0.2, 0) is 16.6 Å². The summed E-state index contributed by atoms with van der Waals surface area (Å²) in [5.41, 5.74) is 4.11. The number of aryl methyl sites for hydroxylation is 1. The van der Waals surface area contributed by atoms with Crippen molar-refractivity contribution in [2.24, 2.45) is 5.92 Å². The number of amides is 1. The maximum Gasteiger partial charge on any atom is 0.251 e. The van der Waals surface area contributed by atoms with Crippen molar-refractivity contribution in [3.63, 3.8) is 0 Å². The summed E-state index contributed by atoms with van der Waals surface area (Å²) < 4.78 is 27.0. The third kappa shape index (κ3) is 7.60. The molecule has 2 aromatic carbocycles. The zero-order valence-electron chi connectivity index (χ0n) is 21.0. The zero-order chi connectivity index (χ0) is 24.6. The van der Waals surface area contributed by atoms with Crippen LogP contribution in [0.2, 0.25) is 0 Å². The highest BCUT2D eigenvalue weighted by atomic mass is 32.2. The van der Waals surface area contributed by atoms with Gasteiger partial charge in [0.2, 0.25) is 10.0 Å². The lowest BCUT2D eigenvalue weighted by Gasteiger charge is -2.28. The first-order valence-corrected chi connectivity index (χ1v) is 13.9. The first-order valence-electron chi connectivity index (χ1n) is 12.0. The number of hydrogen-bond donors (Lipinski definition) is 1. The van der Waals surface area contributed by atoms with Crippen molar-refractivity contribution in [3.05, 3.63) is 64.7 Å².